The van der Waals surface area contributed by atoms with Crippen LogP contribution in [0, 0.1) is 11.3 Å². The number of carbonyl (C=O) groups excluding carboxylic acids is 2. The predicted octanol–water partition coefficient (Wildman–Crippen LogP) is 3.55. The number of hydrogen-bond acceptors (Lipinski definition) is 5. The zero-order valence-corrected chi connectivity index (χ0v) is 17.0. The minimum Gasteiger partial charge on any atom is -0.493 e. The standard InChI is InChI=1S/C22H20ClN3O4/c1-29-20-11-14(10-15(12-24)22(28)25-16-7-8-16)6-9-19(20)30-13-21(27)26-18-5-3-2-4-17(18)23/h2-6,9-11,16H,7-8,13H2,1H3,(H,25,28)(H,26,27)/b15-10+. The highest BCUT2D eigenvalue weighted by molar-refractivity contribution is 6.33. The molecule has 0 heterocycles. The molecule has 1 fully saturated rings. The fraction of sp³-hybridized carbons (Fsp3) is 0.227. The maximum Gasteiger partial charge on any atom is 0.262 e. The van der Waals surface area contributed by atoms with Crippen LogP contribution in [0.5, 0.6) is 11.5 Å². The number of para-hydroxylation sites is 1. The molecule has 1 aliphatic carbocycles. The average Bonchev–Trinajstić information content (AvgIpc) is 3.56. The molecule has 1 saturated carbocycles. The van der Waals surface area contributed by atoms with E-state index in [1.165, 1.54) is 13.2 Å². The van der Waals surface area contributed by atoms with Crippen molar-refractivity contribution < 1.29 is 19.1 Å². The van der Waals surface area contributed by atoms with E-state index in [4.69, 9.17) is 21.1 Å². The minimum atomic E-state index is -0.393. The molecule has 0 aromatic heterocycles. The van der Waals surface area contributed by atoms with E-state index in [0.29, 0.717) is 27.8 Å². The van der Waals surface area contributed by atoms with Crippen molar-refractivity contribution in [2.24, 2.45) is 0 Å². The van der Waals surface area contributed by atoms with Gasteiger partial charge in [0.1, 0.15) is 11.6 Å². The van der Waals surface area contributed by atoms with Gasteiger partial charge in [-0.15, -0.1) is 0 Å². The number of halogens is 1. The van der Waals surface area contributed by atoms with Crippen molar-refractivity contribution in [3.63, 3.8) is 0 Å². The number of benzene rings is 2. The van der Waals surface area contributed by atoms with E-state index in [9.17, 15) is 14.9 Å². The molecule has 1 aliphatic rings. The van der Waals surface area contributed by atoms with Crippen LogP contribution >= 0.6 is 11.6 Å². The lowest BCUT2D eigenvalue weighted by molar-refractivity contribution is -0.118. The van der Waals surface area contributed by atoms with Crippen molar-refractivity contribution in [3.05, 3.63) is 58.6 Å². The maximum atomic E-state index is 12.1. The summed E-state index contributed by atoms with van der Waals surface area (Å²) in [4.78, 5) is 24.2. The third kappa shape index (κ3) is 5.75. The first-order chi connectivity index (χ1) is 14.5. The minimum absolute atomic E-state index is 0.0109. The van der Waals surface area contributed by atoms with E-state index in [0.717, 1.165) is 12.8 Å². The fourth-order valence-corrected chi connectivity index (χ4v) is 2.77. The number of anilines is 1. The number of methoxy groups -OCH3 is 1. The van der Waals surface area contributed by atoms with Gasteiger partial charge in [-0.3, -0.25) is 9.59 Å². The Morgan fingerprint density at radius 3 is 2.67 bits per heavy atom. The van der Waals surface area contributed by atoms with Crippen LogP contribution in [0.3, 0.4) is 0 Å². The number of ether oxygens (including phenoxy) is 2. The van der Waals surface area contributed by atoms with Gasteiger partial charge in [0.25, 0.3) is 11.8 Å². The van der Waals surface area contributed by atoms with Crippen LogP contribution < -0.4 is 20.1 Å². The Morgan fingerprint density at radius 2 is 2.00 bits per heavy atom. The van der Waals surface area contributed by atoms with Crippen LogP contribution in [0.1, 0.15) is 18.4 Å². The summed E-state index contributed by atoms with van der Waals surface area (Å²) in [5.74, 6) is -0.0488. The van der Waals surface area contributed by atoms with E-state index in [1.807, 2.05) is 6.07 Å². The normalized spacial score (nSPS) is 13.2. The number of nitrogens with one attached hydrogen (secondary N) is 2. The van der Waals surface area contributed by atoms with Gasteiger partial charge in [-0.25, -0.2) is 0 Å². The molecule has 0 radical (unpaired) electrons. The molecule has 0 bridgehead atoms. The second kappa shape index (κ2) is 9.81. The number of nitriles is 1. The highest BCUT2D eigenvalue weighted by atomic mass is 35.5. The zero-order valence-electron chi connectivity index (χ0n) is 16.3. The molecule has 0 spiro atoms. The Kier molecular flexibility index (Phi) is 6.94. The lowest BCUT2D eigenvalue weighted by atomic mass is 10.1. The fourth-order valence-electron chi connectivity index (χ4n) is 2.59. The summed E-state index contributed by atoms with van der Waals surface area (Å²) in [7, 11) is 1.46. The smallest absolute Gasteiger partial charge is 0.262 e. The predicted molar refractivity (Wildman–Crippen MR) is 113 cm³/mol. The van der Waals surface area contributed by atoms with Crippen molar-refractivity contribution in [1.29, 1.82) is 5.26 Å². The SMILES string of the molecule is COc1cc(/C=C(\C#N)C(=O)NC2CC2)ccc1OCC(=O)Nc1ccccc1Cl. The third-order valence-corrected chi connectivity index (χ3v) is 4.61. The molecule has 0 saturated heterocycles. The van der Waals surface area contributed by atoms with Gasteiger partial charge in [0.2, 0.25) is 0 Å². The summed E-state index contributed by atoms with van der Waals surface area (Å²) >= 11 is 6.03. The highest BCUT2D eigenvalue weighted by Gasteiger charge is 2.24. The second-order valence-corrected chi connectivity index (χ2v) is 7.05. The number of carbonyl (C=O) groups is 2. The first-order valence-electron chi connectivity index (χ1n) is 9.28. The summed E-state index contributed by atoms with van der Waals surface area (Å²) < 4.78 is 10.9. The molecule has 2 amide bonds. The molecule has 0 atom stereocenters. The van der Waals surface area contributed by atoms with Crippen LogP contribution in [0.2, 0.25) is 5.02 Å². The Morgan fingerprint density at radius 1 is 1.23 bits per heavy atom. The Hall–Kier alpha value is -3.50. The van der Waals surface area contributed by atoms with E-state index >= 15 is 0 Å². The van der Waals surface area contributed by atoms with E-state index in [2.05, 4.69) is 10.6 Å². The molecule has 30 heavy (non-hydrogen) atoms. The first kappa shape index (κ1) is 21.2. The maximum absolute atomic E-state index is 12.1. The van der Waals surface area contributed by atoms with Gasteiger partial charge in [0, 0.05) is 6.04 Å². The lowest BCUT2D eigenvalue weighted by Gasteiger charge is -2.12. The van der Waals surface area contributed by atoms with Gasteiger partial charge in [0.15, 0.2) is 18.1 Å². The van der Waals surface area contributed by atoms with Crippen LogP contribution in [0.15, 0.2) is 48.0 Å². The van der Waals surface area contributed by atoms with E-state index in [-0.39, 0.29) is 24.1 Å². The summed E-state index contributed by atoms with van der Waals surface area (Å²) in [5, 5.41) is 15.2. The molecule has 154 valence electrons. The Balaban J connectivity index is 1.65. The van der Waals surface area contributed by atoms with Crippen LogP contribution in [0.4, 0.5) is 5.69 Å². The van der Waals surface area contributed by atoms with Crippen LogP contribution in [0.25, 0.3) is 6.08 Å². The van der Waals surface area contributed by atoms with Crippen LogP contribution in [-0.4, -0.2) is 31.6 Å². The number of rotatable bonds is 8. The third-order valence-electron chi connectivity index (χ3n) is 4.28. The molecule has 3 rings (SSSR count). The molecular formula is C22H20ClN3O4. The summed E-state index contributed by atoms with van der Waals surface area (Å²) in [6, 6.07) is 13.9. The van der Waals surface area contributed by atoms with Gasteiger partial charge in [0.05, 0.1) is 17.8 Å². The number of amides is 2. The quantitative estimate of drug-likeness (QED) is 0.497. The molecule has 0 unspecified atom stereocenters. The topological polar surface area (TPSA) is 100 Å². The lowest BCUT2D eigenvalue weighted by Crippen LogP contribution is -2.26. The molecule has 7 nitrogen and oxygen atoms in total. The highest BCUT2D eigenvalue weighted by Crippen LogP contribution is 2.29. The Bertz CT molecular complexity index is 1030. The van der Waals surface area contributed by atoms with E-state index < -0.39 is 5.91 Å². The molecule has 2 aromatic rings. The summed E-state index contributed by atoms with van der Waals surface area (Å²) in [6.45, 7) is -0.246. The zero-order chi connectivity index (χ0) is 21.5. The molecule has 0 aliphatic heterocycles. The van der Waals surface area contributed by atoms with E-state index in [1.54, 1.807) is 42.5 Å². The number of nitrogens with zero attached hydrogens (tertiary/aromatic N) is 1. The average molecular weight is 426 g/mol. The van der Waals surface area contributed by atoms with Gasteiger partial charge in [-0.2, -0.15) is 5.26 Å². The summed E-state index contributed by atoms with van der Waals surface area (Å²) in [5.41, 5.74) is 1.10. The molecule has 8 heteroatoms. The number of hydrogen-bond donors (Lipinski definition) is 2. The van der Waals surface area contributed by atoms with Gasteiger partial charge in [-0.05, 0) is 48.7 Å². The van der Waals surface area contributed by atoms with Crippen LogP contribution in [-0.2, 0) is 9.59 Å². The second-order valence-electron chi connectivity index (χ2n) is 6.64. The largest absolute Gasteiger partial charge is 0.493 e. The molecule has 2 aromatic carbocycles. The monoisotopic (exact) mass is 425 g/mol. The van der Waals surface area contributed by atoms with Crippen molar-refractivity contribution >= 4 is 35.2 Å². The van der Waals surface area contributed by atoms with Crippen molar-refractivity contribution in [2.45, 2.75) is 18.9 Å². The van der Waals surface area contributed by atoms with Crippen molar-refractivity contribution in [3.8, 4) is 17.6 Å². The van der Waals surface area contributed by atoms with Crippen molar-refractivity contribution in [1.82, 2.24) is 5.32 Å². The van der Waals surface area contributed by atoms with Crippen molar-refractivity contribution in [2.75, 3.05) is 19.0 Å². The molecule has 2 N–H and O–H groups in total. The Labute approximate surface area is 179 Å². The van der Waals surface area contributed by atoms with Gasteiger partial charge < -0.3 is 20.1 Å². The molecular weight excluding hydrogens is 406 g/mol. The first-order valence-corrected chi connectivity index (χ1v) is 9.66. The van der Waals surface area contributed by atoms with Gasteiger partial charge in [-0.1, -0.05) is 29.8 Å². The van der Waals surface area contributed by atoms with Gasteiger partial charge >= 0.3 is 0 Å². The summed E-state index contributed by atoms with van der Waals surface area (Å²) in [6.07, 6.45) is 3.36.